The fourth-order valence-electron chi connectivity index (χ4n) is 1.78. The molecule has 0 N–H and O–H groups in total. The number of halogens is 1. The molecular weight excluding hydrogens is 275 g/mol. The lowest BCUT2D eigenvalue weighted by Crippen LogP contribution is -2.08. The molecule has 0 radical (unpaired) electrons. The van der Waals surface area contributed by atoms with E-state index in [1.165, 1.54) is 24.3 Å². The van der Waals surface area contributed by atoms with Gasteiger partial charge in [0.1, 0.15) is 12.4 Å². The van der Waals surface area contributed by atoms with E-state index < -0.39 is 11.8 Å². The second-order valence-corrected chi connectivity index (χ2v) is 4.61. The number of esters is 1. The second-order valence-electron chi connectivity index (χ2n) is 4.61. The number of ketones is 1. The van der Waals surface area contributed by atoms with Gasteiger partial charge in [0.05, 0.1) is 12.6 Å². The number of Topliss-reactive ketones (excluding diaryl/α,β-unsaturated/α-hetero) is 1. The van der Waals surface area contributed by atoms with E-state index in [2.05, 4.69) is 5.10 Å². The highest BCUT2D eigenvalue weighted by Gasteiger charge is 2.11. The van der Waals surface area contributed by atoms with Crippen molar-refractivity contribution in [2.24, 2.45) is 7.05 Å². The first-order valence-electron chi connectivity index (χ1n) is 6.46. The quantitative estimate of drug-likeness (QED) is 0.605. The molecule has 5 nitrogen and oxygen atoms in total. The molecule has 0 saturated carbocycles. The third-order valence-corrected chi connectivity index (χ3v) is 2.88. The zero-order valence-electron chi connectivity index (χ0n) is 11.6. The van der Waals surface area contributed by atoms with E-state index in [-0.39, 0.29) is 25.2 Å². The maximum atomic E-state index is 12.7. The van der Waals surface area contributed by atoms with E-state index in [1.54, 1.807) is 24.1 Å². The molecule has 2 rings (SSSR count). The van der Waals surface area contributed by atoms with Crippen LogP contribution in [0.15, 0.2) is 36.7 Å². The number of benzene rings is 1. The number of aryl methyl sites for hydroxylation is 1. The molecule has 0 saturated heterocycles. The number of nitrogens with zero attached hydrogens (tertiary/aromatic N) is 2. The van der Waals surface area contributed by atoms with Gasteiger partial charge in [-0.2, -0.15) is 5.10 Å². The Labute approximate surface area is 121 Å². The first-order chi connectivity index (χ1) is 10.0. The molecule has 0 fully saturated rings. The molecule has 1 heterocycles. The topological polar surface area (TPSA) is 61.2 Å². The Morgan fingerprint density at radius 3 is 2.57 bits per heavy atom. The second kappa shape index (κ2) is 6.78. The van der Waals surface area contributed by atoms with Crippen LogP contribution in [0.3, 0.4) is 0 Å². The van der Waals surface area contributed by atoms with Gasteiger partial charge in [-0.3, -0.25) is 14.3 Å². The average Bonchev–Trinajstić information content (AvgIpc) is 2.89. The van der Waals surface area contributed by atoms with Crippen LogP contribution in [-0.2, 0) is 23.2 Å². The molecule has 2 aromatic rings. The van der Waals surface area contributed by atoms with Gasteiger partial charge in [0.15, 0.2) is 5.78 Å². The Balaban J connectivity index is 1.75. The van der Waals surface area contributed by atoms with Gasteiger partial charge in [0.25, 0.3) is 0 Å². The maximum Gasteiger partial charge on any atom is 0.306 e. The van der Waals surface area contributed by atoms with Crippen LogP contribution in [0.2, 0.25) is 0 Å². The van der Waals surface area contributed by atoms with E-state index in [4.69, 9.17) is 4.74 Å². The predicted molar refractivity (Wildman–Crippen MR) is 73.0 cm³/mol. The lowest BCUT2D eigenvalue weighted by molar-refractivity contribution is -0.144. The summed E-state index contributed by atoms with van der Waals surface area (Å²) < 4.78 is 19.4. The van der Waals surface area contributed by atoms with Crippen LogP contribution in [0.1, 0.15) is 28.8 Å². The molecule has 0 amide bonds. The van der Waals surface area contributed by atoms with Crippen LogP contribution in [0.5, 0.6) is 0 Å². The Bertz CT molecular complexity index is 635. The minimum absolute atomic E-state index is 0.00350. The smallest absolute Gasteiger partial charge is 0.306 e. The molecule has 21 heavy (non-hydrogen) atoms. The third-order valence-electron chi connectivity index (χ3n) is 2.88. The molecule has 1 aromatic carbocycles. The lowest BCUT2D eigenvalue weighted by Gasteiger charge is -2.03. The zero-order chi connectivity index (χ0) is 15.2. The van der Waals surface area contributed by atoms with Crippen molar-refractivity contribution in [2.45, 2.75) is 19.4 Å². The number of carbonyl (C=O) groups is 2. The summed E-state index contributed by atoms with van der Waals surface area (Å²) in [5.41, 5.74) is 1.17. The highest BCUT2D eigenvalue weighted by Crippen LogP contribution is 2.08. The summed E-state index contributed by atoms with van der Waals surface area (Å²) >= 11 is 0. The number of rotatable bonds is 6. The molecule has 1 aromatic heterocycles. The van der Waals surface area contributed by atoms with Crippen LogP contribution in [0.25, 0.3) is 0 Å². The van der Waals surface area contributed by atoms with Crippen molar-refractivity contribution in [1.82, 2.24) is 9.78 Å². The van der Waals surface area contributed by atoms with Gasteiger partial charge >= 0.3 is 5.97 Å². The first-order valence-corrected chi connectivity index (χ1v) is 6.46. The predicted octanol–water partition coefficient (Wildman–Crippen LogP) is 2.27. The third kappa shape index (κ3) is 4.52. The molecular formula is C15H15FN2O3. The van der Waals surface area contributed by atoms with E-state index >= 15 is 0 Å². The monoisotopic (exact) mass is 290 g/mol. The summed E-state index contributed by atoms with van der Waals surface area (Å²) in [6, 6.07) is 5.24. The zero-order valence-corrected chi connectivity index (χ0v) is 11.6. The first kappa shape index (κ1) is 14.9. The number of ether oxygens (including phenoxy) is 1. The number of aromatic nitrogens is 2. The summed E-state index contributed by atoms with van der Waals surface area (Å²) in [5.74, 6) is -1.06. The largest absolute Gasteiger partial charge is 0.461 e. The SMILES string of the molecule is Cn1cc(COC(=O)CCC(=O)c2ccc(F)cc2)cn1. The highest BCUT2D eigenvalue weighted by molar-refractivity contribution is 5.97. The fourth-order valence-corrected chi connectivity index (χ4v) is 1.78. The van der Waals surface area contributed by atoms with Gasteiger partial charge in [0.2, 0.25) is 0 Å². The van der Waals surface area contributed by atoms with E-state index in [1.807, 2.05) is 0 Å². The van der Waals surface area contributed by atoms with Crippen molar-refractivity contribution in [2.75, 3.05) is 0 Å². The highest BCUT2D eigenvalue weighted by atomic mass is 19.1. The van der Waals surface area contributed by atoms with Crippen LogP contribution < -0.4 is 0 Å². The van der Waals surface area contributed by atoms with Crippen LogP contribution in [-0.4, -0.2) is 21.5 Å². The normalized spacial score (nSPS) is 10.4. The maximum absolute atomic E-state index is 12.7. The van der Waals surface area contributed by atoms with E-state index in [9.17, 15) is 14.0 Å². The van der Waals surface area contributed by atoms with Crippen LogP contribution in [0, 0.1) is 5.82 Å². The Kier molecular flexibility index (Phi) is 4.81. The van der Waals surface area contributed by atoms with Crippen molar-refractivity contribution in [3.8, 4) is 0 Å². The molecule has 0 unspecified atom stereocenters. The molecule has 0 spiro atoms. The molecule has 0 aliphatic carbocycles. The summed E-state index contributed by atoms with van der Waals surface area (Å²) in [6.07, 6.45) is 3.39. The van der Waals surface area contributed by atoms with Crippen molar-refractivity contribution < 1.29 is 18.7 Å². The standard InChI is InChI=1S/C15H15FN2O3/c1-18-9-11(8-17-18)10-21-15(20)7-6-14(19)12-2-4-13(16)5-3-12/h2-5,8-9H,6-7,10H2,1H3. The van der Waals surface area contributed by atoms with E-state index in [0.29, 0.717) is 5.56 Å². The Morgan fingerprint density at radius 2 is 1.95 bits per heavy atom. The number of hydrogen-bond donors (Lipinski definition) is 0. The van der Waals surface area contributed by atoms with Crippen molar-refractivity contribution in [3.63, 3.8) is 0 Å². The summed E-state index contributed by atoms with van der Waals surface area (Å²) in [5, 5.41) is 3.96. The van der Waals surface area contributed by atoms with E-state index in [0.717, 1.165) is 5.56 Å². The van der Waals surface area contributed by atoms with Crippen molar-refractivity contribution in [1.29, 1.82) is 0 Å². The Hall–Kier alpha value is -2.50. The number of hydrogen-bond acceptors (Lipinski definition) is 4. The van der Waals surface area contributed by atoms with Gasteiger partial charge in [-0.15, -0.1) is 0 Å². The molecule has 0 atom stereocenters. The van der Waals surface area contributed by atoms with Gasteiger partial charge in [-0.05, 0) is 24.3 Å². The Morgan fingerprint density at radius 1 is 1.24 bits per heavy atom. The van der Waals surface area contributed by atoms with Crippen molar-refractivity contribution >= 4 is 11.8 Å². The molecule has 0 bridgehead atoms. The number of carbonyl (C=O) groups excluding carboxylic acids is 2. The summed E-state index contributed by atoms with van der Waals surface area (Å²) in [4.78, 5) is 23.3. The minimum Gasteiger partial charge on any atom is -0.461 e. The van der Waals surface area contributed by atoms with Gasteiger partial charge in [-0.1, -0.05) is 0 Å². The van der Waals surface area contributed by atoms with Crippen molar-refractivity contribution in [3.05, 3.63) is 53.6 Å². The summed E-state index contributed by atoms with van der Waals surface area (Å²) in [7, 11) is 1.77. The van der Waals surface area contributed by atoms with Gasteiger partial charge in [-0.25, -0.2) is 4.39 Å². The van der Waals surface area contributed by atoms with Gasteiger partial charge in [0, 0.05) is 30.8 Å². The summed E-state index contributed by atoms with van der Waals surface area (Å²) in [6.45, 7) is 0.136. The lowest BCUT2D eigenvalue weighted by atomic mass is 10.1. The molecule has 110 valence electrons. The molecule has 6 heteroatoms. The van der Waals surface area contributed by atoms with Gasteiger partial charge < -0.3 is 4.74 Å². The molecule has 0 aliphatic rings. The fraction of sp³-hybridized carbons (Fsp3) is 0.267. The van der Waals surface area contributed by atoms with Crippen LogP contribution in [0.4, 0.5) is 4.39 Å². The average molecular weight is 290 g/mol. The molecule has 0 aliphatic heterocycles. The van der Waals surface area contributed by atoms with Crippen LogP contribution >= 0.6 is 0 Å². The minimum atomic E-state index is -0.450.